The molecule has 0 bridgehead atoms. The largest absolute Gasteiger partial charge is 0.491 e. The number of likely N-dealkylation sites (tertiary alicyclic amines) is 1. The predicted molar refractivity (Wildman–Crippen MR) is 94.1 cm³/mol. The third-order valence-corrected chi connectivity index (χ3v) is 4.06. The summed E-state index contributed by atoms with van der Waals surface area (Å²) in [6, 6.07) is 7.22. The first-order valence-electron chi connectivity index (χ1n) is 8.49. The van der Waals surface area contributed by atoms with E-state index >= 15 is 0 Å². The summed E-state index contributed by atoms with van der Waals surface area (Å²) in [6.45, 7) is 3.63. The minimum atomic E-state index is -0.197. The Labute approximate surface area is 143 Å². The van der Waals surface area contributed by atoms with Gasteiger partial charge in [-0.3, -0.25) is 14.5 Å². The fourth-order valence-corrected chi connectivity index (χ4v) is 2.88. The van der Waals surface area contributed by atoms with Gasteiger partial charge in [0.25, 0.3) is 0 Å². The van der Waals surface area contributed by atoms with Crippen LogP contribution in [0, 0.1) is 0 Å². The van der Waals surface area contributed by atoms with Gasteiger partial charge in [-0.1, -0.05) is 19.1 Å². The molecular formula is C18H27N3O3. The van der Waals surface area contributed by atoms with Crippen molar-refractivity contribution in [2.24, 2.45) is 0 Å². The summed E-state index contributed by atoms with van der Waals surface area (Å²) in [5.74, 6) is 0.614. The van der Waals surface area contributed by atoms with Gasteiger partial charge in [0.1, 0.15) is 5.75 Å². The van der Waals surface area contributed by atoms with Crippen molar-refractivity contribution in [2.75, 3.05) is 39.1 Å². The average molecular weight is 333 g/mol. The number of hydrogen-bond acceptors (Lipinski definition) is 4. The molecule has 0 aliphatic carbocycles. The summed E-state index contributed by atoms with van der Waals surface area (Å²) in [7, 11) is 3.50. The summed E-state index contributed by atoms with van der Waals surface area (Å²) < 4.78 is 5.66. The highest BCUT2D eigenvalue weighted by Gasteiger charge is 2.32. The SMILES string of the molecule is CCCOc1ccccc1NC(=O)CN1CCCC1C(=O)N(C)C. The van der Waals surface area contributed by atoms with E-state index < -0.39 is 0 Å². The quantitative estimate of drug-likeness (QED) is 0.829. The van der Waals surface area contributed by atoms with Crippen molar-refractivity contribution >= 4 is 17.5 Å². The molecule has 1 aromatic carbocycles. The lowest BCUT2D eigenvalue weighted by Gasteiger charge is -2.25. The van der Waals surface area contributed by atoms with E-state index in [-0.39, 0.29) is 24.4 Å². The molecule has 1 saturated heterocycles. The molecule has 0 saturated carbocycles. The smallest absolute Gasteiger partial charge is 0.239 e. The van der Waals surface area contributed by atoms with Crippen LogP contribution in [-0.2, 0) is 9.59 Å². The van der Waals surface area contributed by atoms with E-state index in [4.69, 9.17) is 4.74 Å². The number of benzene rings is 1. The van der Waals surface area contributed by atoms with Crippen molar-refractivity contribution in [1.29, 1.82) is 0 Å². The average Bonchev–Trinajstić information content (AvgIpc) is 3.01. The monoisotopic (exact) mass is 333 g/mol. The zero-order valence-corrected chi connectivity index (χ0v) is 14.7. The van der Waals surface area contributed by atoms with Crippen LogP contribution < -0.4 is 10.1 Å². The van der Waals surface area contributed by atoms with Crippen LogP contribution in [0.15, 0.2) is 24.3 Å². The number of hydrogen-bond donors (Lipinski definition) is 1. The van der Waals surface area contributed by atoms with Gasteiger partial charge in [-0.15, -0.1) is 0 Å². The van der Waals surface area contributed by atoms with Gasteiger partial charge in [-0.05, 0) is 37.9 Å². The van der Waals surface area contributed by atoms with Crippen LogP contribution in [0.3, 0.4) is 0 Å². The molecule has 2 rings (SSSR count). The number of carbonyl (C=O) groups excluding carboxylic acids is 2. The van der Waals surface area contributed by atoms with E-state index in [0.717, 1.165) is 25.8 Å². The first-order valence-corrected chi connectivity index (χ1v) is 8.49. The van der Waals surface area contributed by atoms with Crippen molar-refractivity contribution in [3.8, 4) is 5.75 Å². The highest BCUT2D eigenvalue weighted by molar-refractivity contribution is 5.94. The molecule has 24 heavy (non-hydrogen) atoms. The Morgan fingerprint density at radius 3 is 2.79 bits per heavy atom. The lowest BCUT2D eigenvalue weighted by atomic mass is 10.2. The molecule has 1 atom stereocenters. The van der Waals surface area contributed by atoms with Crippen LogP contribution in [0.4, 0.5) is 5.69 Å². The Kier molecular flexibility index (Phi) is 6.61. The van der Waals surface area contributed by atoms with Crippen LogP contribution in [-0.4, -0.2) is 61.4 Å². The third kappa shape index (κ3) is 4.71. The predicted octanol–water partition coefficient (Wildman–Crippen LogP) is 1.97. The maximum Gasteiger partial charge on any atom is 0.239 e. The molecule has 2 amide bonds. The third-order valence-electron chi connectivity index (χ3n) is 4.06. The Balaban J connectivity index is 1.97. The van der Waals surface area contributed by atoms with Crippen LogP contribution in [0.1, 0.15) is 26.2 Å². The van der Waals surface area contributed by atoms with E-state index in [0.29, 0.717) is 18.0 Å². The lowest BCUT2D eigenvalue weighted by Crippen LogP contribution is -2.45. The van der Waals surface area contributed by atoms with Crippen LogP contribution >= 0.6 is 0 Å². The molecular weight excluding hydrogens is 306 g/mol. The number of nitrogens with zero attached hydrogens (tertiary/aromatic N) is 2. The fraction of sp³-hybridized carbons (Fsp3) is 0.556. The molecule has 6 heteroatoms. The van der Waals surface area contributed by atoms with Crippen LogP contribution in [0.2, 0.25) is 0 Å². The molecule has 6 nitrogen and oxygen atoms in total. The highest BCUT2D eigenvalue weighted by atomic mass is 16.5. The number of nitrogens with one attached hydrogen (secondary N) is 1. The van der Waals surface area contributed by atoms with E-state index in [9.17, 15) is 9.59 Å². The van der Waals surface area contributed by atoms with Gasteiger partial charge in [0.05, 0.1) is 24.9 Å². The molecule has 0 radical (unpaired) electrons. The number of amides is 2. The van der Waals surface area contributed by atoms with E-state index in [1.807, 2.05) is 36.1 Å². The van der Waals surface area contributed by atoms with Gasteiger partial charge in [0.15, 0.2) is 0 Å². The zero-order valence-electron chi connectivity index (χ0n) is 14.7. The van der Waals surface area contributed by atoms with Crippen LogP contribution in [0.5, 0.6) is 5.75 Å². The summed E-state index contributed by atoms with van der Waals surface area (Å²) in [5, 5.41) is 2.90. The van der Waals surface area contributed by atoms with Gasteiger partial charge in [0.2, 0.25) is 11.8 Å². The topological polar surface area (TPSA) is 61.9 Å². The lowest BCUT2D eigenvalue weighted by molar-refractivity contribution is -0.133. The number of likely N-dealkylation sites (N-methyl/N-ethyl adjacent to an activating group) is 1. The number of rotatable bonds is 7. The second kappa shape index (κ2) is 8.68. The van der Waals surface area contributed by atoms with Gasteiger partial charge in [0, 0.05) is 14.1 Å². The maximum absolute atomic E-state index is 12.4. The maximum atomic E-state index is 12.4. The van der Waals surface area contributed by atoms with Crippen LogP contribution in [0.25, 0.3) is 0 Å². The Morgan fingerprint density at radius 1 is 1.33 bits per heavy atom. The van der Waals surface area contributed by atoms with Crippen molar-refractivity contribution < 1.29 is 14.3 Å². The zero-order chi connectivity index (χ0) is 17.5. The Bertz CT molecular complexity index is 574. The van der Waals surface area contributed by atoms with Gasteiger partial charge in [-0.2, -0.15) is 0 Å². The van der Waals surface area contributed by atoms with E-state index in [1.165, 1.54) is 0 Å². The van der Waals surface area contributed by atoms with Crippen molar-refractivity contribution in [3.63, 3.8) is 0 Å². The molecule has 1 fully saturated rings. The molecule has 1 heterocycles. The molecule has 0 aromatic heterocycles. The first kappa shape index (κ1) is 18.3. The summed E-state index contributed by atoms with van der Waals surface area (Å²) in [4.78, 5) is 28.1. The molecule has 1 aliphatic rings. The second-order valence-electron chi connectivity index (χ2n) is 6.25. The first-order chi connectivity index (χ1) is 11.5. The van der Waals surface area contributed by atoms with E-state index in [2.05, 4.69) is 5.32 Å². The summed E-state index contributed by atoms with van der Waals surface area (Å²) >= 11 is 0. The van der Waals surface area contributed by atoms with Crippen molar-refractivity contribution in [2.45, 2.75) is 32.2 Å². The Hall–Kier alpha value is -2.08. The minimum absolute atomic E-state index is 0.0620. The number of para-hydroxylation sites is 2. The minimum Gasteiger partial charge on any atom is -0.491 e. The summed E-state index contributed by atoms with van der Waals surface area (Å²) in [5.41, 5.74) is 0.672. The van der Waals surface area contributed by atoms with Crippen molar-refractivity contribution in [1.82, 2.24) is 9.80 Å². The normalized spacial score (nSPS) is 17.5. The molecule has 1 aliphatic heterocycles. The highest BCUT2D eigenvalue weighted by Crippen LogP contribution is 2.24. The fourth-order valence-electron chi connectivity index (χ4n) is 2.88. The van der Waals surface area contributed by atoms with Gasteiger partial charge >= 0.3 is 0 Å². The molecule has 0 spiro atoms. The number of carbonyl (C=O) groups is 2. The van der Waals surface area contributed by atoms with E-state index in [1.54, 1.807) is 19.0 Å². The molecule has 132 valence electrons. The number of ether oxygens (including phenoxy) is 1. The Morgan fingerprint density at radius 2 is 2.08 bits per heavy atom. The standard InChI is InChI=1S/C18H27N3O3/c1-4-12-24-16-10-6-5-8-14(16)19-17(22)13-21-11-7-9-15(21)18(23)20(2)3/h5-6,8,10,15H,4,7,9,11-13H2,1-3H3,(H,19,22). The van der Waals surface area contributed by atoms with Gasteiger partial charge < -0.3 is 15.0 Å². The summed E-state index contributed by atoms with van der Waals surface area (Å²) in [6.07, 6.45) is 2.65. The second-order valence-corrected chi connectivity index (χ2v) is 6.25. The van der Waals surface area contributed by atoms with Crippen molar-refractivity contribution in [3.05, 3.63) is 24.3 Å². The molecule has 1 aromatic rings. The van der Waals surface area contributed by atoms with Gasteiger partial charge in [-0.25, -0.2) is 0 Å². The number of anilines is 1. The molecule has 1 N–H and O–H groups in total. The molecule has 1 unspecified atom stereocenters.